The first-order valence-corrected chi connectivity index (χ1v) is 13.2. The van der Waals surface area contributed by atoms with Crippen molar-refractivity contribution in [3.05, 3.63) is 77.9 Å². The van der Waals surface area contributed by atoms with Crippen LogP contribution in [0.25, 0.3) is 11.1 Å². The van der Waals surface area contributed by atoms with E-state index in [0.29, 0.717) is 29.2 Å². The van der Waals surface area contributed by atoms with Crippen LogP contribution >= 0.6 is 0 Å². The van der Waals surface area contributed by atoms with E-state index in [9.17, 15) is 4.79 Å². The molecule has 0 spiro atoms. The molecule has 8 heteroatoms. The smallest absolute Gasteiger partial charge is 0.259 e. The van der Waals surface area contributed by atoms with Gasteiger partial charge in [0.25, 0.3) is 5.91 Å². The average molecular weight is 513 g/mol. The van der Waals surface area contributed by atoms with E-state index in [2.05, 4.69) is 39.5 Å². The van der Waals surface area contributed by atoms with Crippen LogP contribution in [-0.2, 0) is 0 Å². The Hall–Kier alpha value is -4.17. The first-order valence-electron chi connectivity index (χ1n) is 13.2. The zero-order chi connectivity index (χ0) is 26.7. The molecular weight excluding hydrogens is 476 g/mol. The number of carbonyl (C=O) groups excluding carboxylic acids is 1. The predicted octanol–water partition coefficient (Wildman–Crippen LogP) is 5.60. The highest BCUT2D eigenvalue weighted by molar-refractivity contribution is 6.12. The fourth-order valence-electron chi connectivity index (χ4n) is 4.58. The van der Waals surface area contributed by atoms with Crippen molar-refractivity contribution < 1.29 is 9.53 Å². The molecule has 198 valence electrons. The first kappa shape index (κ1) is 26.9. The second-order valence-corrected chi connectivity index (χ2v) is 9.25. The van der Waals surface area contributed by atoms with Crippen LogP contribution in [-0.4, -0.2) is 38.2 Å². The van der Waals surface area contributed by atoms with Crippen molar-refractivity contribution in [2.75, 3.05) is 29.9 Å². The number of benzene rings is 3. The minimum atomic E-state index is -0.273. The van der Waals surface area contributed by atoms with E-state index in [4.69, 9.17) is 10.6 Å². The lowest BCUT2D eigenvalue weighted by Crippen LogP contribution is -2.32. The summed E-state index contributed by atoms with van der Waals surface area (Å²) in [7, 11) is 0. The molecule has 0 atom stereocenters. The molecule has 38 heavy (non-hydrogen) atoms. The summed E-state index contributed by atoms with van der Waals surface area (Å²) in [5, 5.41) is 10.7. The van der Waals surface area contributed by atoms with Gasteiger partial charge in [0, 0.05) is 31.1 Å². The number of nitrogens with one attached hydrogen (secondary N) is 2. The normalized spacial score (nSPS) is 13.6. The number of carbonyl (C=O) groups is 1. The molecule has 0 radical (unpaired) electrons. The van der Waals surface area contributed by atoms with Gasteiger partial charge in [0.15, 0.2) is 5.84 Å². The van der Waals surface area contributed by atoms with E-state index in [1.54, 1.807) is 0 Å². The van der Waals surface area contributed by atoms with Gasteiger partial charge in [-0.25, -0.2) is 5.84 Å². The van der Waals surface area contributed by atoms with Crippen molar-refractivity contribution in [2.45, 2.75) is 39.0 Å². The Morgan fingerprint density at radius 3 is 2.50 bits per heavy atom. The number of nitrogens with two attached hydrogens (primary N) is 1. The Bertz CT molecular complexity index is 1270. The highest BCUT2D eigenvalue weighted by atomic mass is 16.5. The second kappa shape index (κ2) is 13.4. The number of piperidine rings is 1. The molecule has 8 nitrogen and oxygen atoms in total. The Labute approximate surface area is 224 Å². The molecular formula is C30H36N6O2. The maximum atomic E-state index is 13.8. The van der Waals surface area contributed by atoms with E-state index in [1.165, 1.54) is 6.42 Å². The number of unbranched alkanes of at least 4 members (excludes halogenated alkanes) is 1. The van der Waals surface area contributed by atoms with Crippen molar-refractivity contribution in [3.8, 4) is 16.9 Å². The van der Waals surface area contributed by atoms with Gasteiger partial charge in [-0.1, -0.05) is 49.7 Å². The van der Waals surface area contributed by atoms with Crippen molar-refractivity contribution in [3.63, 3.8) is 0 Å². The van der Waals surface area contributed by atoms with Gasteiger partial charge in [0.05, 0.1) is 17.9 Å². The highest BCUT2D eigenvalue weighted by Crippen LogP contribution is 2.30. The molecule has 4 rings (SSSR count). The zero-order valence-corrected chi connectivity index (χ0v) is 22.0. The van der Waals surface area contributed by atoms with Gasteiger partial charge in [-0.3, -0.25) is 4.79 Å². The molecule has 0 aliphatic carbocycles. The topological polar surface area (TPSA) is 104 Å². The van der Waals surface area contributed by atoms with Crippen molar-refractivity contribution in [2.24, 2.45) is 16.0 Å². The van der Waals surface area contributed by atoms with Crippen molar-refractivity contribution in [1.29, 1.82) is 0 Å². The van der Waals surface area contributed by atoms with Crippen LogP contribution in [0.4, 0.5) is 11.4 Å². The van der Waals surface area contributed by atoms with E-state index < -0.39 is 0 Å². The lowest BCUT2D eigenvalue weighted by Gasteiger charge is -2.29. The van der Waals surface area contributed by atoms with Crippen molar-refractivity contribution >= 4 is 29.8 Å². The SMILES string of the molecule is C=N/N=C(\NN)c1ccc(-c2ccccc2)cc1NC(=O)c1cc(N2CCCCC2)ccc1OCCCC. The molecule has 0 unspecified atom stereocenters. The maximum Gasteiger partial charge on any atom is 0.259 e. The number of nitrogens with zero attached hydrogens (tertiary/aromatic N) is 3. The molecule has 0 aromatic heterocycles. The van der Waals surface area contributed by atoms with Gasteiger partial charge in [0.2, 0.25) is 0 Å². The lowest BCUT2D eigenvalue weighted by atomic mass is 10.0. The van der Waals surface area contributed by atoms with Crippen molar-refractivity contribution in [1.82, 2.24) is 5.43 Å². The summed E-state index contributed by atoms with van der Waals surface area (Å²) in [4.78, 5) is 16.2. The lowest BCUT2D eigenvalue weighted by molar-refractivity contribution is 0.102. The minimum Gasteiger partial charge on any atom is -0.493 e. The van der Waals surface area contributed by atoms with Crippen LogP contribution < -0.4 is 26.2 Å². The number of rotatable bonds is 10. The molecule has 4 N–H and O–H groups in total. The molecule has 1 heterocycles. The van der Waals surface area contributed by atoms with Crippen LogP contribution in [0.15, 0.2) is 76.9 Å². The molecule has 1 aliphatic rings. The number of amidine groups is 1. The summed E-state index contributed by atoms with van der Waals surface area (Å²) in [6, 6.07) is 21.6. The van der Waals surface area contributed by atoms with Crippen LogP contribution in [0.1, 0.15) is 54.9 Å². The highest BCUT2D eigenvalue weighted by Gasteiger charge is 2.20. The number of amides is 1. The maximum absolute atomic E-state index is 13.8. The average Bonchev–Trinajstić information content (AvgIpc) is 2.97. The summed E-state index contributed by atoms with van der Waals surface area (Å²) < 4.78 is 6.05. The molecule has 0 bridgehead atoms. The quantitative estimate of drug-likeness (QED) is 0.108. The largest absolute Gasteiger partial charge is 0.493 e. The summed E-state index contributed by atoms with van der Waals surface area (Å²) in [5.74, 6) is 6.32. The molecule has 3 aromatic rings. The third-order valence-corrected chi connectivity index (χ3v) is 6.62. The number of hydrogen-bond donors (Lipinski definition) is 3. The van der Waals surface area contributed by atoms with Crippen LogP contribution in [0.5, 0.6) is 5.75 Å². The predicted molar refractivity (Wildman–Crippen MR) is 156 cm³/mol. The Morgan fingerprint density at radius 1 is 1.00 bits per heavy atom. The zero-order valence-electron chi connectivity index (χ0n) is 22.0. The summed E-state index contributed by atoms with van der Waals surface area (Å²) >= 11 is 0. The molecule has 1 aliphatic heterocycles. The second-order valence-electron chi connectivity index (χ2n) is 9.25. The molecule has 1 fully saturated rings. The Kier molecular flexibility index (Phi) is 9.48. The number of hydrazine groups is 1. The first-order chi connectivity index (χ1) is 18.6. The third-order valence-electron chi connectivity index (χ3n) is 6.62. The fourth-order valence-corrected chi connectivity index (χ4v) is 4.58. The number of hydrogen-bond acceptors (Lipinski definition) is 6. The summed E-state index contributed by atoms with van der Waals surface area (Å²) in [6.45, 7) is 8.06. The number of anilines is 2. The van der Waals surface area contributed by atoms with Gasteiger partial charge >= 0.3 is 0 Å². The fraction of sp³-hybridized carbons (Fsp3) is 0.300. The Morgan fingerprint density at radius 2 is 1.79 bits per heavy atom. The summed E-state index contributed by atoms with van der Waals surface area (Å²) in [6.07, 6.45) is 5.46. The van der Waals surface area contributed by atoms with E-state index in [0.717, 1.165) is 55.6 Å². The van der Waals surface area contributed by atoms with Gasteiger partial charge in [0.1, 0.15) is 5.75 Å². The molecule has 1 saturated heterocycles. The van der Waals surface area contributed by atoms with Gasteiger partial charge < -0.3 is 20.4 Å². The van der Waals surface area contributed by atoms with E-state index in [-0.39, 0.29) is 11.7 Å². The van der Waals surface area contributed by atoms with Crippen LogP contribution in [0.2, 0.25) is 0 Å². The third kappa shape index (κ3) is 6.58. The van der Waals surface area contributed by atoms with E-state index >= 15 is 0 Å². The monoisotopic (exact) mass is 512 g/mol. The summed E-state index contributed by atoms with van der Waals surface area (Å²) in [5.41, 5.74) is 7.17. The van der Waals surface area contributed by atoms with Crippen LogP contribution in [0.3, 0.4) is 0 Å². The van der Waals surface area contributed by atoms with Gasteiger partial charge in [-0.2, -0.15) is 5.10 Å². The standard InChI is InChI=1S/C30H36N6O2/c1-3-4-19-38-28-16-14-24(36-17-9-6-10-18-36)21-26(28)30(37)33-27-20-23(22-11-7-5-8-12-22)13-15-25(27)29(34-31)35-32-2/h5,7-8,11-16,20-21H,2-4,6,9-10,17-19,31H2,1H3,(H,33,37)(H,34,35). The molecule has 3 aromatic carbocycles. The molecule has 0 saturated carbocycles. The Balaban J connectivity index is 1.73. The van der Waals surface area contributed by atoms with Gasteiger partial charge in [-0.15, -0.1) is 5.10 Å². The van der Waals surface area contributed by atoms with Gasteiger partial charge in [-0.05, 0) is 67.1 Å². The molecule has 1 amide bonds. The minimum absolute atomic E-state index is 0.273. The van der Waals surface area contributed by atoms with E-state index in [1.807, 2.05) is 66.7 Å². The number of ether oxygens (including phenoxy) is 1. The van der Waals surface area contributed by atoms with Crippen LogP contribution in [0, 0.1) is 0 Å².